The highest BCUT2D eigenvalue weighted by Gasteiger charge is 2.09. The van der Waals surface area contributed by atoms with Crippen LogP contribution in [-0.2, 0) is 0 Å². The van der Waals surface area contributed by atoms with E-state index < -0.39 is 0 Å². The molecule has 0 aliphatic rings. The molecule has 0 heterocycles. The van der Waals surface area contributed by atoms with Gasteiger partial charge in [-0.05, 0) is 43.0 Å². The van der Waals surface area contributed by atoms with Crippen molar-refractivity contribution in [1.29, 1.82) is 0 Å². The Labute approximate surface area is 120 Å². The van der Waals surface area contributed by atoms with Crippen molar-refractivity contribution in [2.24, 2.45) is 0 Å². The van der Waals surface area contributed by atoms with Gasteiger partial charge in [0, 0.05) is 17.3 Å². The van der Waals surface area contributed by atoms with Crippen LogP contribution in [0.4, 0.5) is 10.1 Å². The van der Waals surface area contributed by atoms with Gasteiger partial charge in [-0.2, -0.15) is 0 Å². The van der Waals surface area contributed by atoms with E-state index in [-0.39, 0.29) is 11.9 Å². The van der Waals surface area contributed by atoms with Crippen molar-refractivity contribution in [3.63, 3.8) is 0 Å². The van der Waals surface area contributed by atoms with E-state index in [4.69, 9.17) is 0 Å². The van der Waals surface area contributed by atoms with Crippen LogP contribution in [0, 0.1) is 12.7 Å². The standard InChI is InChI=1S/C18H22FN/c1-12(2)15-8-10-16(11-9-15)14(4)20-18-7-5-6-17(19)13(18)3/h5-12,14,20H,1-4H3. The second-order valence-corrected chi connectivity index (χ2v) is 5.60. The summed E-state index contributed by atoms with van der Waals surface area (Å²) in [7, 11) is 0. The lowest BCUT2D eigenvalue weighted by Gasteiger charge is -2.18. The third kappa shape index (κ3) is 3.19. The van der Waals surface area contributed by atoms with Crippen LogP contribution in [0.1, 0.15) is 49.4 Å². The summed E-state index contributed by atoms with van der Waals surface area (Å²) in [5.41, 5.74) is 4.06. The second-order valence-electron chi connectivity index (χ2n) is 5.60. The monoisotopic (exact) mass is 271 g/mol. The maximum Gasteiger partial charge on any atom is 0.128 e. The van der Waals surface area contributed by atoms with Gasteiger partial charge in [-0.1, -0.05) is 44.2 Å². The van der Waals surface area contributed by atoms with Crippen molar-refractivity contribution in [3.05, 3.63) is 65.0 Å². The topological polar surface area (TPSA) is 12.0 Å². The highest BCUT2D eigenvalue weighted by molar-refractivity contribution is 5.52. The minimum atomic E-state index is -0.169. The predicted molar refractivity (Wildman–Crippen MR) is 83.7 cm³/mol. The highest BCUT2D eigenvalue weighted by Crippen LogP contribution is 2.24. The Hall–Kier alpha value is -1.83. The van der Waals surface area contributed by atoms with E-state index in [9.17, 15) is 4.39 Å². The molecule has 2 heteroatoms. The quantitative estimate of drug-likeness (QED) is 0.781. The largest absolute Gasteiger partial charge is 0.378 e. The Balaban J connectivity index is 2.15. The van der Waals surface area contributed by atoms with E-state index in [0.717, 1.165) is 5.69 Å². The van der Waals surface area contributed by atoms with Crippen LogP contribution in [-0.4, -0.2) is 0 Å². The van der Waals surface area contributed by atoms with E-state index in [2.05, 4.69) is 50.4 Å². The maximum absolute atomic E-state index is 13.5. The molecule has 0 fully saturated rings. The Morgan fingerprint density at radius 1 is 0.900 bits per heavy atom. The van der Waals surface area contributed by atoms with E-state index in [1.807, 2.05) is 6.07 Å². The van der Waals surface area contributed by atoms with E-state index >= 15 is 0 Å². The Morgan fingerprint density at radius 2 is 1.50 bits per heavy atom. The number of nitrogens with one attached hydrogen (secondary N) is 1. The van der Waals surface area contributed by atoms with Gasteiger partial charge in [0.05, 0.1) is 0 Å². The summed E-state index contributed by atoms with van der Waals surface area (Å²) in [6.45, 7) is 8.26. The SMILES string of the molecule is Cc1c(F)cccc1NC(C)c1ccc(C(C)C)cc1. The molecule has 0 aliphatic heterocycles. The van der Waals surface area contributed by atoms with E-state index in [1.165, 1.54) is 17.2 Å². The maximum atomic E-state index is 13.5. The first-order chi connectivity index (χ1) is 9.49. The average Bonchev–Trinajstić information content (AvgIpc) is 2.44. The molecule has 0 aromatic heterocycles. The summed E-state index contributed by atoms with van der Waals surface area (Å²) in [6, 6.07) is 13.9. The second kappa shape index (κ2) is 6.08. The first-order valence-electron chi connectivity index (χ1n) is 7.10. The van der Waals surface area contributed by atoms with E-state index in [0.29, 0.717) is 11.5 Å². The Morgan fingerprint density at radius 3 is 2.10 bits per heavy atom. The Bertz CT molecular complexity index is 572. The third-order valence-electron chi connectivity index (χ3n) is 3.74. The highest BCUT2D eigenvalue weighted by atomic mass is 19.1. The molecular weight excluding hydrogens is 249 g/mol. The zero-order chi connectivity index (χ0) is 14.7. The summed E-state index contributed by atoms with van der Waals surface area (Å²) in [4.78, 5) is 0. The smallest absolute Gasteiger partial charge is 0.128 e. The fourth-order valence-corrected chi connectivity index (χ4v) is 2.25. The predicted octanol–water partition coefficient (Wildman–Crippen LogP) is 5.43. The lowest BCUT2D eigenvalue weighted by molar-refractivity contribution is 0.618. The summed E-state index contributed by atoms with van der Waals surface area (Å²) in [5.74, 6) is 0.370. The van der Waals surface area contributed by atoms with Crippen LogP contribution in [0.15, 0.2) is 42.5 Å². The van der Waals surface area contributed by atoms with Gasteiger partial charge < -0.3 is 5.32 Å². The molecule has 0 bridgehead atoms. The van der Waals surface area contributed by atoms with Crippen molar-refractivity contribution in [1.82, 2.24) is 0 Å². The molecule has 0 aliphatic carbocycles. The first kappa shape index (κ1) is 14.6. The number of rotatable bonds is 4. The van der Waals surface area contributed by atoms with Crippen LogP contribution < -0.4 is 5.32 Å². The molecule has 106 valence electrons. The molecule has 20 heavy (non-hydrogen) atoms. The minimum absolute atomic E-state index is 0.150. The number of hydrogen-bond acceptors (Lipinski definition) is 1. The molecule has 1 unspecified atom stereocenters. The van der Waals surface area contributed by atoms with Crippen molar-refractivity contribution >= 4 is 5.69 Å². The van der Waals surface area contributed by atoms with Crippen LogP contribution in [0.25, 0.3) is 0 Å². The molecule has 0 saturated carbocycles. The molecule has 0 saturated heterocycles. The molecule has 2 aromatic carbocycles. The van der Waals surface area contributed by atoms with Crippen molar-refractivity contribution < 1.29 is 4.39 Å². The molecule has 0 radical (unpaired) electrons. The minimum Gasteiger partial charge on any atom is -0.378 e. The summed E-state index contributed by atoms with van der Waals surface area (Å²) in [5, 5.41) is 3.38. The van der Waals surface area contributed by atoms with Crippen LogP contribution >= 0.6 is 0 Å². The fraction of sp³-hybridized carbons (Fsp3) is 0.333. The van der Waals surface area contributed by atoms with Gasteiger partial charge >= 0.3 is 0 Å². The van der Waals surface area contributed by atoms with Gasteiger partial charge in [0.2, 0.25) is 0 Å². The average molecular weight is 271 g/mol. The number of hydrogen-bond donors (Lipinski definition) is 1. The van der Waals surface area contributed by atoms with Gasteiger partial charge in [-0.15, -0.1) is 0 Å². The van der Waals surface area contributed by atoms with Gasteiger partial charge in [-0.3, -0.25) is 0 Å². The lowest BCUT2D eigenvalue weighted by Crippen LogP contribution is -2.08. The number of halogens is 1. The normalized spacial score (nSPS) is 12.5. The number of anilines is 1. The number of benzene rings is 2. The molecule has 1 nitrogen and oxygen atoms in total. The molecule has 1 N–H and O–H groups in total. The van der Waals surface area contributed by atoms with Crippen molar-refractivity contribution in [3.8, 4) is 0 Å². The summed E-state index contributed by atoms with van der Waals surface area (Å²) >= 11 is 0. The zero-order valence-electron chi connectivity index (χ0n) is 12.6. The van der Waals surface area contributed by atoms with Crippen LogP contribution in [0.2, 0.25) is 0 Å². The fourth-order valence-electron chi connectivity index (χ4n) is 2.25. The van der Waals surface area contributed by atoms with Gasteiger partial charge in [0.1, 0.15) is 5.82 Å². The lowest BCUT2D eigenvalue weighted by atomic mass is 9.99. The molecular formula is C18H22FN. The van der Waals surface area contributed by atoms with Gasteiger partial charge in [-0.25, -0.2) is 4.39 Å². The Kier molecular flexibility index (Phi) is 4.43. The molecule has 0 amide bonds. The first-order valence-corrected chi connectivity index (χ1v) is 7.10. The van der Waals surface area contributed by atoms with Crippen molar-refractivity contribution in [2.45, 2.75) is 39.7 Å². The van der Waals surface area contributed by atoms with Crippen LogP contribution in [0.5, 0.6) is 0 Å². The molecule has 0 spiro atoms. The van der Waals surface area contributed by atoms with Gasteiger partial charge in [0.15, 0.2) is 0 Å². The summed E-state index contributed by atoms with van der Waals surface area (Å²) in [6.07, 6.45) is 0. The summed E-state index contributed by atoms with van der Waals surface area (Å²) < 4.78 is 13.5. The van der Waals surface area contributed by atoms with Gasteiger partial charge in [0.25, 0.3) is 0 Å². The van der Waals surface area contributed by atoms with E-state index in [1.54, 1.807) is 13.0 Å². The molecule has 2 rings (SSSR count). The third-order valence-corrected chi connectivity index (χ3v) is 3.74. The molecule has 2 aromatic rings. The van der Waals surface area contributed by atoms with Crippen molar-refractivity contribution in [2.75, 3.05) is 5.32 Å². The zero-order valence-corrected chi connectivity index (χ0v) is 12.6. The van der Waals surface area contributed by atoms with Crippen LogP contribution in [0.3, 0.4) is 0 Å². The molecule has 1 atom stereocenters.